The van der Waals surface area contributed by atoms with Crippen LogP contribution in [0, 0.1) is 0 Å². The van der Waals surface area contributed by atoms with Crippen molar-refractivity contribution in [2.24, 2.45) is 0 Å². The first-order chi connectivity index (χ1) is 13.9. The maximum absolute atomic E-state index is 13.2. The molecule has 4 rings (SSSR count). The van der Waals surface area contributed by atoms with Crippen molar-refractivity contribution >= 4 is 45.9 Å². The highest BCUT2D eigenvalue weighted by Gasteiger charge is 2.23. The monoisotopic (exact) mass is 424 g/mol. The summed E-state index contributed by atoms with van der Waals surface area (Å²) in [6.45, 7) is 0. The molecule has 0 fully saturated rings. The third-order valence-electron chi connectivity index (χ3n) is 4.60. The molecule has 0 saturated carbocycles. The fourth-order valence-corrected chi connectivity index (χ4v) is 3.81. The number of hydrogen-bond acceptors (Lipinski definition) is 3. The zero-order valence-corrected chi connectivity index (χ0v) is 16.5. The normalized spacial score (nSPS) is 11.0. The van der Waals surface area contributed by atoms with Crippen molar-refractivity contribution in [1.82, 2.24) is 0 Å². The van der Waals surface area contributed by atoms with Crippen LogP contribution in [-0.2, 0) is 11.2 Å². The lowest BCUT2D eigenvalue weighted by Crippen LogP contribution is -2.07. The summed E-state index contributed by atoms with van der Waals surface area (Å²) < 4.78 is 5.74. The Kier molecular flexibility index (Phi) is 5.14. The molecule has 0 spiro atoms. The number of benzene rings is 3. The van der Waals surface area contributed by atoms with Crippen LogP contribution in [0.5, 0.6) is 0 Å². The lowest BCUT2D eigenvalue weighted by atomic mass is 9.98. The van der Waals surface area contributed by atoms with E-state index in [1.807, 2.05) is 6.07 Å². The maximum atomic E-state index is 13.2. The Bertz CT molecular complexity index is 1260. The van der Waals surface area contributed by atoms with Crippen molar-refractivity contribution in [2.45, 2.75) is 6.42 Å². The van der Waals surface area contributed by atoms with E-state index in [0.29, 0.717) is 32.1 Å². The predicted molar refractivity (Wildman–Crippen MR) is 113 cm³/mol. The van der Waals surface area contributed by atoms with Gasteiger partial charge in [0, 0.05) is 32.1 Å². The van der Waals surface area contributed by atoms with Crippen molar-refractivity contribution in [3.8, 4) is 11.1 Å². The highest BCUT2D eigenvalue weighted by molar-refractivity contribution is 6.36. The van der Waals surface area contributed by atoms with Gasteiger partial charge in [-0.25, -0.2) is 0 Å². The Hall–Kier alpha value is -3.08. The van der Waals surface area contributed by atoms with Crippen LogP contribution in [0.25, 0.3) is 22.1 Å². The number of para-hydroxylation sites is 1. The van der Waals surface area contributed by atoms with E-state index in [0.717, 1.165) is 11.1 Å². The molecule has 0 saturated heterocycles. The van der Waals surface area contributed by atoms with Gasteiger partial charge in [-0.15, -0.1) is 0 Å². The molecule has 1 aromatic heterocycles. The molecule has 4 aromatic rings. The molecule has 1 N–H and O–H groups in total. The smallest absolute Gasteiger partial charge is 0.307 e. The molecule has 0 bridgehead atoms. The number of carboxylic acids is 1. The van der Waals surface area contributed by atoms with E-state index in [-0.39, 0.29) is 18.0 Å². The highest BCUT2D eigenvalue weighted by Crippen LogP contribution is 2.32. The number of carbonyl (C=O) groups is 2. The standard InChI is InChI=1S/C23H14Cl2O4/c24-15-8-9-16(19(25)11-15)13-4-3-5-14(10-13)22(28)23-18(12-21(26)27)17-6-1-2-7-20(17)29-23/h1-11H,12H2,(H,26,27). The second kappa shape index (κ2) is 7.74. The summed E-state index contributed by atoms with van der Waals surface area (Å²) in [5.41, 5.74) is 2.70. The predicted octanol–water partition coefficient (Wildman–Crippen LogP) is 6.26. The van der Waals surface area contributed by atoms with E-state index in [9.17, 15) is 14.7 Å². The summed E-state index contributed by atoms with van der Waals surface area (Å²) in [6, 6.07) is 19.1. The number of hydrogen-bond donors (Lipinski definition) is 1. The number of halogens is 2. The van der Waals surface area contributed by atoms with Gasteiger partial charge in [0.1, 0.15) is 5.58 Å². The second-order valence-corrected chi connectivity index (χ2v) is 7.35. The molecule has 0 aliphatic carbocycles. The van der Waals surface area contributed by atoms with Crippen LogP contribution in [-0.4, -0.2) is 16.9 Å². The maximum Gasteiger partial charge on any atom is 0.307 e. The molecular weight excluding hydrogens is 411 g/mol. The lowest BCUT2D eigenvalue weighted by molar-refractivity contribution is -0.136. The first-order valence-corrected chi connectivity index (χ1v) is 9.52. The SMILES string of the molecule is O=C(O)Cc1c(C(=O)c2cccc(-c3ccc(Cl)cc3Cl)c2)oc2ccccc12. The van der Waals surface area contributed by atoms with Crippen molar-refractivity contribution in [1.29, 1.82) is 0 Å². The Balaban J connectivity index is 1.80. The fraction of sp³-hybridized carbons (Fsp3) is 0.0435. The molecule has 0 radical (unpaired) electrons. The average Bonchev–Trinajstić information content (AvgIpc) is 3.05. The van der Waals surface area contributed by atoms with E-state index in [4.69, 9.17) is 27.6 Å². The van der Waals surface area contributed by atoms with Crippen molar-refractivity contribution in [3.05, 3.63) is 93.7 Å². The topological polar surface area (TPSA) is 67.5 Å². The van der Waals surface area contributed by atoms with Crippen LogP contribution in [0.4, 0.5) is 0 Å². The Morgan fingerprint density at radius 3 is 2.48 bits per heavy atom. The number of fused-ring (bicyclic) bond motifs is 1. The van der Waals surface area contributed by atoms with Gasteiger partial charge in [0.25, 0.3) is 0 Å². The van der Waals surface area contributed by atoms with Gasteiger partial charge < -0.3 is 9.52 Å². The van der Waals surface area contributed by atoms with E-state index in [1.165, 1.54) is 0 Å². The van der Waals surface area contributed by atoms with Crippen molar-refractivity contribution in [2.75, 3.05) is 0 Å². The summed E-state index contributed by atoms with van der Waals surface area (Å²) in [6.07, 6.45) is -0.305. The molecule has 29 heavy (non-hydrogen) atoms. The minimum Gasteiger partial charge on any atom is -0.481 e. The first kappa shape index (κ1) is 19.2. The van der Waals surface area contributed by atoms with Gasteiger partial charge in [-0.3, -0.25) is 9.59 Å². The largest absolute Gasteiger partial charge is 0.481 e. The van der Waals surface area contributed by atoms with E-state index >= 15 is 0 Å². The molecule has 144 valence electrons. The van der Waals surface area contributed by atoms with Gasteiger partial charge >= 0.3 is 5.97 Å². The van der Waals surface area contributed by atoms with Gasteiger partial charge in [0.15, 0.2) is 5.76 Å². The van der Waals surface area contributed by atoms with E-state index in [1.54, 1.807) is 60.7 Å². The zero-order chi connectivity index (χ0) is 20.5. The molecule has 3 aromatic carbocycles. The van der Waals surface area contributed by atoms with Gasteiger partial charge in [-0.1, -0.05) is 65.7 Å². The van der Waals surface area contributed by atoms with Crippen LogP contribution >= 0.6 is 23.2 Å². The van der Waals surface area contributed by atoms with Gasteiger partial charge in [0.05, 0.1) is 6.42 Å². The number of aliphatic carboxylic acids is 1. The van der Waals surface area contributed by atoms with Gasteiger partial charge in [-0.05, 0) is 29.8 Å². The van der Waals surface area contributed by atoms with Gasteiger partial charge in [0.2, 0.25) is 5.78 Å². The zero-order valence-electron chi connectivity index (χ0n) is 15.0. The quantitative estimate of drug-likeness (QED) is 0.383. The van der Waals surface area contributed by atoms with Crippen molar-refractivity contribution < 1.29 is 19.1 Å². The third kappa shape index (κ3) is 3.77. The summed E-state index contributed by atoms with van der Waals surface area (Å²) in [5.74, 6) is -1.38. The molecule has 0 atom stereocenters. The Morgan fingerprint density at radius 1 is 0.931 bits per heavy atom. The minimum absolute atomic E-state index is 0.0351. The minimum atomic E-state index is -1.03. The fourth-order valence-electron chi connectivity index (χ4n) is 3.29. The molecule has 4 nitrogen and oxygen atoms in total. The molecular formula is C23H14Cl2O4. The van der Waals surface area contributed by atoms with Crippen LogP contribution in [0.2, 0.25) is 10.0 Å². The van der Waals surface area contributed by atoms with Crippen LogP contribution < -0.4 is 0 Å². The van der Waals surface area contributed by atoms with Gasteiger partial charge in [-0.2, -0.15) is 0 Å². The van der Waals surface area contributed by atoms with Crippen LogP contribution in [0.15, 0.2) is 71.1 Å². The first-order valence-electron chi connectivity index (χ1n) is 8.76. The second-order valence-electron chi connectivity index (χ2n) is 6.51. The van der Waals surface area contributed by atoms with Crippen LogP contribution in [0.1, 0.15) is 21.7 Å². The Morgan fingerprint density at radius 2 is 1.72 bits per heavy atom. The number of carboxylic acid groups (broad SMARTS) is 1. The molecule has 0 unspecified atom stereocenters. The molecule has 0 aliphatic heterocycles. The molecule has 0 aliphatic rings. The summed E-state index contributed by atoms with van der Waals surface area (Å²) >= 11 is 12.3. The molecule has 1 heterocycles. The Labute approximate surface area is 176 Å². The van der Waals surface area contributed by atoms with Crippen LogP contribution in [0.3, 0.4) is 0 Å². The number of rotatable bonds is 5. The number of furan rings is 1. The highest BCUT2D eigenvalue weighted by atomic mass is 35.5. The van der Waals surface area contributed by atoms with E-state index in [2.05, 4.69) is 0 Å². The lowest BCUT2D eigenvalue weighted by Gasteiger charge is -2.07. The van der Waals surface area contributed by atoms with Crippen molar-refractivity contribution in [3.63, 3.8) is 0 Å². The summed E-state index contributed by atoms with van der Waals surface area (Å²) in [7, 11) is 0. The number of carbonyl (C=O) groups excluding carboxylic acids is 1. The summed E-state index contributed by atoms with van der Waals surface area (Å²) in [5, 5.41) is 10.9. The summed E-state index contributed by atoms with van der Waals surface area (Å²) in [4.78, 5) is 24.5. The molecule has 6 heteroatoms. The molecule has 0 amide bonds. The average molecular weight is 425 g/mol. The van der Waals surface area contributed by atoms with E-state index < -0.39 is 5.97 Å². The third-order valence-corrected chi connectivity index (χ3v) is 5.15. The number of ketones is 1.